The van der Waals surface area contributed by atoms with E-state index in [9.17, 15) is 27.8 Å². The topological polar surface area (TPSA) is 52.8 Å². The third-order valence-electron chi connectivity index (χ3n) is 16.0. The van der Waals surface area contributed by atoms with Crippen molar-refractivity contribution >= 4 is 4.40 Å². The standard InChI is InChI=1S/2C21H22F2O.C10H15N.C5H10.Mo/c2*1-12-17(22)10-13-6-2-4-8-15(13)19(12)20-16-9-5-3-7-14(16)11-18(23)21(20)24;11-10-4-7-1-8(5-10)3-9(2-7)6-10;1-5(2,3)4;/h2*10-11,24H,2-9H2,1H3;7-9H,1-6H2;1H,2-4H3;. The summed E-state index contributed by atoms with van der Waals surface area (Å²) in [5, 5.41) is 21.1. The quantitative estimate of drug-likeness (QED) is 0.159. The molecule has 12 rings (SSSR count). The summed E-state index contributed by atoms with van der Waals surface area (Å²) in [6.07, 6.45) is 24.1. The average molecular weight is 972 g/mol. The first kappa shape index (κ1) is 46.7. The number of hydrogen-bond acceptors (Lipinski definition) is 3. The monoisotopic (exact) mass is 973 g/mol. The Morgan fingerprint density at radius 1 is 0.508 bits per heavy atom. The van der Waals surface area contributed by atoms with Crippen LogP contribution in [0.25, 0.3) is 22.3 Å². The van der Waals surface area contributed by atoms with Crippen molar-refractivity contribution in [3.05, 3.63) is 103 Å². The Morgan fingerprint density at radius 2 is 0.815 bits per heavy atom. The third-order valence-corrected chi connectivity index (χ3v) is 19.2. The van der Waals surface area contributed by atoms with E-state index in [2.05, 4.69) is 25.2 Å². The summed E-state index contributed by atoms with van der Waals surface area (Å²) >= 11 is -0.214. The molecule has 0 heterocycles. The molecule has 0 spiro atoms. The van der Waals surface area contributed by atoms with Crippen LogP contribution >= 0.6 is 0 Å². The molecule has 4 aromatic carbocycles. The molecule has 8 aliphatic rings. The third kappa shape index (κ3) is 9.54. The van der Waals surface area contributed by atoms with Crippen LogP contribution in [-0.4, -0.2) is 20.2 Å². The summed E-state index contributed by atoms with van der Waals surface area (Å²) in [6, 6.07) is 6.20. The van der Waals surface area contributed by atoms with Gasteiger partial charge < -0.3 is 10.2 Å². The molecular formula is C57H69F4MoNO2. The molecule has 0 aromatic heterocycles. The molecule has 348 valence electrons. The first-order valence-corrected chi connectivity index (χ1v) is 27.1. The van der Waals surface area contributed by atoms with Crippen LogP contribution in [0, 0.1) is 60.3 Å². The van der Waals surface area contributed by atoms with Gasteiger partial charge in [0.15, 0.2) is 23.1 Å². The van der Waals surface area contributed by atoms with Crippen molar-refractivity contribution < 1.29 is 45.7 Å². The van der Waals surface area contributed by atoms with Gasteiger partial charge in [0, 0.05) is 11.1 Å². The van der Waals surface area contributed by atoms with E-state index in [4.69, 9.17) is 3.50 Å². The molecule has 3 nitrogen and oxygen atoms in total. The molecule has 0 amide bonds. The summed E-state index contributed by atoms with van der Waals surface area (Å²) in [4.78, 5) is 0. The van der Waals surface area contributed by atoms with Crippen LogP contribution in [0.4, 0.5) is 17.6 Å². The second-order valence-corrected chi connectivity index (χ2v) is 23.6. The molecule has 4 bridgehead atoms. The molecule has 65 heavy (non-hydrogen) atoms. The molecule has 4 fully saturated rings. The van der Waals surface area contributed by atoms with Crippen molar-refractivity contribution in [3.8, 4) is 33.8 Å². The zero-order valence-corrected chi connectivity index (χ0v) is 41.4. The number of halogens is 4. The number of benzene rings is 4. The fraction of sp³-hybridized carbons (Fsp3) is 0.561. The second kappa shape index (κ2) is 18.9. The zero-order valence-electron chi connectivity index (χ0n) is 39.4. The van der Waals surface area contributed by atoms with E-state index in [0.717, 1.165) is 176 Å². The molecule has 0 unspecified atom stereocenters. The number of aromatic hydroxyl groups is 2. The van der Waals surface area contributed by atoms with Gasteiger partial charge in [-0.15, -0.1) is 0 Å². The first-order valence-electron chi connectivity index (χ1n) is 25.0. The Kier molecular flexibility index (Phi) is 13.6. The Hall–Kier alpha value is -3.44. The average Bonchev–Trinajstić information content (AvgIpc) is 3.26. The minimum Gasteiger partial charge on any atom is -0.504 e. The molecule has 0 radical (unpaired) electrons. The first-order chi connectivity index (χ1) is 31.1. The van der Waals surface area contributed by atoms with Gasteiger partial charge in [0.2, 0.25) is 0 Å². The second-order valence-electron chi connectivity index (χ2n) is 22.1. The van der Waals surface area contributed by atoms with Gasteiger partial charge in [-0.05, 0) is 208 Å². The number of nitrogens with zero attached hydrogens (tertiary/aromatic N) is 1. The van der Waals surface area contributed by atoms with Crippen LogP contribution in [0.3, 0.4) is 0 Å². The van der Waals surface area contributed by atoms with Gasteiger partial charge in [0.25, 0.3) is 0 Å². The van der Waals surface area contributed by atoms with E-state index >= 15 is 0 Å². The Balaban J connectivity index is 0.000000125. The maximum Gasteiger partial charge on any atom is 0.165 e. The molecule has 2 N–H and O–H groups in total. The maximum absolute atomic E-state index is 14.5. The van der Waals surface area contributed by atoms with Gasteiger partial charge in [-0.2, -0.15) is 0 Å². The van der Waals surface area contributed by atoms with Gasteiger partial charge in [0.05, 0.1) is 0 Å². The fourth-order valence-electron chi connectivity index (χ4n) is 13.4. The number of hydrogen-bond donors (Lipinski definition) is 2. The molecular weight excluding hydrogens is 903 g/mol. The number of phenols is 2. The van der Waals surface area contributed by atoms with E-state index in [0.29, 0.717) is 33.2 Å². The largest absolute Gasteiger partial charge is 0.504 e. The van der Waals surface area contributed by atoms with Crippen LogP contribution < -0.4 is 0 Å². The van der Waals surface area contributed by atoms with Crippen molar-refractivity contribution in [1.29, 1.82) is 0 Å². The van der Waals surface area contributed by atoms with Crippen LogP contribution in [0.5, 0.6) is 11.5 Å². The van der Waals surface area contributed by atoms with E-state index in [1.807, 2.05) is 0 Å². The van der Waals surface area contributed by atoms with Crippen molar-refractivity contribution in [2.24, 2.45) is 26.7 Å². The zero-order chi connectivity index (χ0) is 45.8. The minimum absolute atomic E-state index is 0.214. The van der Waals surface area contributed by atoms with Crippen molar-refractivity contribution in [2.45, 2.75) is 181 Å². The summed E-state index contributed by atoms with van der Waals surface area (Å²) < 4.78 is 65.6. The summed E-state index contributed by atoms with van der Waals surface area (Å²) in [7, 11) is 0. The van der Waals surface area contributed by atoms with Crippen molar-refractivity contribution in [1.82, 2.24) is 0 Å². The molecule has 0 atom stereocenters. The van der Waals surface area contributed by atoms with Crippen LogP contribution in [-0.2, 0) is 69.3 Å². The van der Waals surface area contributed by atoms with Crippen LogP contribution in [0.15, 0.2) is 27.8 Å². The molecule has 4 saturated carbocycles. The van der Waals surface area contributed by atoms with Crippen molar-refractivity contribution in [3.63, 3.8) is 0 Å². The van der Waals surface area contributed by atoms with Crippen molar-refractivity contribution in [2.75, 3.05) is 0 Å². The number of rotatable bonds is 3. The summed E-state index contributed by atoms with van der Waals surface area (Å²) in [5.74, 6) is 0.857. The molecule has 8 aliphatic carbocycles. The van der Waals surface area contributed by atoms with Gasteiger partial charge in [0.1, 0.15) is 11.6 Å². The molecule has 8 heteroatoms. The Bertz CT molecular complexity index is 2250. The van der Waals surface area contributed by atoms with Gasteiger partial charge in [-0.3, -0.25) is 0 Å². The Morgan fingerprint density at radius 3 is 1.15 bits per heavy atom. The fourth-order valence-corrected chi connectivity index (χ4v) is 15.4. The SMILES string of the molecule is CC(C)(C)[CH]=[Mo]=[N]C12CC3CC(CC(C3)C1)C2.Cc1c(F)cc2c(c1-c1c(O)c(F)cc3c1CCCC3)CCCC2.Cc1c(F)cc2c(c1-c1c(O)c(F)cc3c1CCCC3)CCCC2. The van der Waals surface area contributed by atoms with Gasteiger partial charge in [-0.25, -0.2) is 17.6 Å². The molecule has 0 saturated heterocycles. The van der Waals surface area contributed by atoms with Crippen LogP contribution in [0.1, 0.15) is 166 Å². The van der Waals surface area contributed by atoms with Crippen LogP contribution in [0.2, 0.25) is 0 Å². The summed E-state index contributed by atoms with van der Waals surface area (Å²) in [6.45, 7) is 10.4. The maximum atomic E-state index is 14.5. The van der Waals surface area contributed by atoms with E-state index in [1.54, 1.807) is 26.0 Å². The molecule has 0 aliphatic heterocycles. The minimum atomic E-state index is -0.584. The van der Waals surface area contributed by atoms with Gasteiger partial charge in [-0.1, -0.05) is 0 Å². The number of fused-ring (bicyclic) bond motifs is 4. The molecule has 4 aromatic rings. The Labute approximate surface area is 393 Å². The smallest absolute Gasteiger partial charge is 0.165 e. The van der Waals surface area contributed by atoms with E-state index < -0.39 is 11.6 Å². The normalized spacial score (nSPS) is 23.7. The van der Waals surface area contributed by atoms with Gasteiger partial charge >= 0.3 is 114 Å². The number of phenolic OH excluding ortho intramolecular Hbond substituents is 2. The predicted octanol–water partition coefficient (Wildman–Crippen LogP) is 14.9. The number of aryl methyl sites for hydroxylation is 4. The van der Waals surface area contributed by atoms with E-state index in [1.165, 1.54) is 50.7 Å². The summed E-state index contributed by atoms with van der Waals surface area (Å²) in [5.41, 5.74) is 12.8. The predicted molar refractivity (Wildman–Crippen MR) is 252 cm³/mol. The van der Waals surface area contributed by atoms with E-state index in [-0.39, 0.29) is 41.1 Å².